The van der Waals surface area contributed by atoms with Gasteiger partial charge in [0.05, 0.1) is 18.8 Å². The van der Waals surface area contributed by atoms with E-state index in [0.717, 1.165) is 43.5 Å². The van der Waals surface area contributed by atoms with Crippen molar-refractivity contribution < 1.29 is 15.0 Å². The van der Waals surface area contributed by atoms with Crippen molar-refractivity contribution in [3.05, 3.63) is 34.9 Å². The summed E-state index contributed by atoms with van der Waals surface area (Å²) in [5.41, 5.74) is 1.12. The highest BCUT2D eigenvalue weighted by Gasteiger charge is 2.45. The van der Waals surface area contributed by atoms with E-state index in [1.54, 1.807) is 11.9 Å². The SMILES string of the molecule is CCSNCC(C1CC1)N1C(=O)C(CC(O)CO)CCC1c1ccc(Cl)cc1. The van der Waals surface area contributed by atoms with Crippen molar-refractivity contribution in [1.82, 2.24) is 9.62 Å². The Morgan fingerprint density at radius 3 is 2.57 bits per heavy atom. The Kier molecular flexibility index (Phi) is 8.06. The van der Waals surface area contributed by atoms with Crippen LogP contribution >= 0.6 is 23.5 Å². The Morgan fingerprint density at radius 1 is 1.25 bits per heavy atom. The van der Waals surface area contributed by atoms with Gasteiger partial charge in [0, 0.05) is 29.3 Å². The molecule has 1 amide bonds. The van der Waals surface area contributed by atoms with Crippen LogP contribution in [0, 0.1) is 11.8 Å². The van der Waals surface area contributed by atoms with Gasteiger partial charge in [-0.05, 0) is 55.7 Å². The minimum Gasteiger partial charge on any atom is -0.394 e. The molecule has 0 radical (unpaired) electrons. The zero-order valence-electron chi connectivity index (χ0n) is 16.4. The molecule has 1 aliphatic carbocycles. The zero-order valence-corrected chi connectivity index (χ0v) is 18.0. The lowest BCUT2D eigenvalue weighted by molar-refractivity contribution is -0.147. The Hall–Kier alpha value is -0.790. The van der Waals surface area contributed by atoms with Crippen molar-refractivity contribution in [2.75, 3.05) is 18.9 Å². The molecule has 0 aromatic heterocycles. The summed E-state index contributed by atoms with van der Waals surface area (Å²) in [5.74, 6) is 1.40. The maximum atomic E-state index is 13.5. The first-order valence-electron chi connectivity index (χ1n) is 10.3. The largest absolute Gasteiger partial charge is 0.394 e. The first-order chi connectivity index (χ1) is 13.5. The number of nitrogens with one attached hydrogen (secondary N) is 1. The van der Waals surface area contributed by atoms with Crippen LogP contribution in [0.5, 0.6) is 0 Å². The highest BCUT2D eigenvalue weighted by atomic mass is 35.5. The lowest BCUT2D eigenvalue weighted by Crippen LogP contribution is -2.53. The molecule has 1 heterocycles. The second-order valence-corrected chi connectivity index (χ2v) is 9.44. The van der Waals surface area contributed by atoms with Gasteiger partial charge in [-0.15, -0.1) is 0 Å². The van der Waals surface area contributed by atoms with Crippen molar-refractivity contribution in [3.8, 4) is 0 Å². The smallest absolute Gasteiger partial charge is 0.226 e. The third-order valence-corrected chi connectivity index (χ3v) is 6.72. The van der Waals surface area contributed by atoms with E-state index in [1.165, 1.54) is 0 Å². The first kappa shape index (κ1) is 21.9. The van der Waals surface area contributed by atoms with E-state index in [9.17, 15) is 15.0 Å². The van der Waals surface area contributed by atoms with Crippen molar-refractivity contribution in [3.63, 3.8) is 0 Å². The van der Waals surface area contributed by atoms with Gasteiger partial charge in [-0.1, -0.05) is 42.6 Å². The Labute approximate surface area is 177 Å². The third kappa shape index (κ3) is 5.42. The molecule has 1 aromatic carbocycles. The number of piperidine rings is 1. The van der Waals surface area contributed by atoms with Gasteiger partial charge in [0.1, 0.15) is 0 Å². The predicted molar refractivity (Wildman–Crippen MR) is 114 cm³/mol. The number of halogens is 1. The van der Waals surface area contributed by atoms with Crippen LogP contribution < -0.4 is 4.72 Å². The summed E-state index contributed by atoms with van der Waals surface area (Å²) in [6.45, 7) is 2.58. The van der Waals surface area contributed by atoms with Crippen LogP contribution in [0.4, 0.5) is 0 Å². The van der Waals surface area contributed by atoms with Crippen LogP contribution in [0.25, 0.3) is 0 Å². The molecule has 2 fully saturated rings. The Balaban J connectivity index is 1.85. The second kappa shape index (κ2) is 10.3. The number of benzene rings is 1. The predicted octanol–water partition coefficient (Wildman–Crippen LogP) is 3.40. The number of hydrogen-bond donors (Lipinski definition) is 3. The molecule has 4 unspecified atom stereocenters. The number of aliphatic hydroxyl groups is 2. The van der Waals surface area contributed by atoms with Gasteiger partial charge in [-0.25, -0.2) is 0 Å². The van der Waals surface area contributed by atoms with E-state index >= 15 is 0 Å². The van der Waals surface area contributed by atoms with Crippen LogP contribution in [0.3, 0.4) is 0 Å². The molecule has 5 nitrogen and oxygen atoms in total. The molecule has 28 heavy (non-hydrogen) atoms. The number of carbonyl (C=O) groups excluding carboxylic acids is 1. The summed E-state index contributed by atoms with van der Waals surface area (Å²) in [5, 5.41) is 19.8. The quantitative estimate of drug-likeness (QED) is 0.395. The number of rotatable bonds is 10. The number of carbonyl (C=O) groups is 1. The van der Waals surface area contributed by atoms with Crippen LogP contribution in [0.2, 0.25) is 5.02 Å². The minimum atomic E-state index is -0.837. The molecule has 4 atom stereocenters. The van der Waals surface area contributed by atoms with Gasteiger partial charge in [0.2, 0.25) is 5.91 Å². The topological polar surface area (TPSA) is 72.8 Å². The molecule has 1 aliphatic heterocycles. The highest BCUT2D eigenvalue weighted by molar-refractivity contribution is 7.97. The van der Waals surface area contributed by atoms with Gasteiger partial charge in [-0.2, -0.15) is 0 Å². The maximum Gasteiger partial charge on any atom is 0.226 e. The Morgan fingerprint density at radius 2 is 1.96 bits per heavy atom. The van der Waals surface area contributed by atoms with Crippen molar-refractivity contribution >= 4 is 29.5 Å². The van der Waals surface area contributed by atoms with Crippen molar-refractivity contribution in [2.24, 2.45) is 11.8 Å². The van der Waals surface area contributed by atoms with Crippen LogP contribution in [-0.4, -0.2) is 52.1 Å². The monoisotopic (exact) mass is 426 g/mol. The molecule has 2 aliphatic rings. The van der Waals surface area contributed by atoms with Gasteiger partial charge in [0.25, 0.3) is 0 Å². The molecule has 156 valence electrons. The van der Waals surface area contributed by atoms with Crippen molar-refractivity contribution in [2.45, 2.75) is 57.2 Å². The minimum absolute atomic E-state index is 0.0336. The number of aliphatic hydroxyl groups excluding tert-OH is 2. The first-order valence-corrected chi connectivity index (χ1v) is 11.6. The van der Waals surface area contributed by atoms with Gasteiger partial charge >= 0.3 is 0 Å². The summed E-state index contributed by atoms with van der Waals surface area (Å²) in [6.07, 6.45) is 3.40. The number of amides is 1. The summed E-state index contributed by atoms with van der Waals surface area (Å²) in [6, 6.07) is 8.01. The summed E-state index contributed by atoms with van der Waals surface area (Å²) >= 11 is 7.76. The fourth-order valence-corrected chi connectivity index (χ4v) is 4.85. The molecule has 3 N–H and O–H groups in total. The molecular weight excluding hydrogens is 396 g/mol. The van der Waals surface area contributed by atoms with Gasteiger partial charge in [-0.3, -0.25) is 9.52 Å². The average molecular weight is 427 g/mol. The number of hydrogen-bond acceptors (Lipinski definition) is 5. The molecule has 1 saturated carbocycles. The fraction of sp³-hybridized carbons (Fsp3) is 0.667. The van der Waals surface area contributed by atoms with Crippen LogP contribution in [0.15, 0.2) is 24.3 Å². The average Bonchev–Trinajstić information content (AvgIpc) is 3.53. The lowest BCUT2D eigenvalue weighted by atomic mass is 9.83. The highest BCUT2D eigenvalue weighted by Crippen LogP contribution is 2.44. The van der Waals surface area contributed by atoms with E-state index in [4.69, 9.17) is 11.6 Å². The fourth-order valence-electron chi connectivity index (χ4n) is 4.23. The number of likely N-dealkylation sites (tertiary alicyclic amines) is 1. The molecular formula is C21H31ClN2O3S. The van der Waals surface area contributed by atoms with E-state index in [0.29, 0.717) is 17.4 Å². The standard InChI is InChI=1S/C21H31ClN2O3S/c1-2-28-23-12-20(15-3-4-15)24-19(14-5-8-17(22)9-6-14)10-7-16(21(24)27)11-18(26)13-25/h5-6,8-9,15-16,18-20,23,25-26H,2-4,7,10-13H2,1H3. The zero-order chi connectivity index (χ0) is 20.1. The molecule has 0 bridgehead atoms. The Bertz CT molecular complexity index is 641. The van der Waals surface area contributed by atoms with E-state index in [2.05, 4.69) is 16.5 Å². The van der Waals surface area contributed by atoms with Gasteiger partial charge in [0.15, 0.2) is 0 Å². The normalized spacial score (nSPS) is 25.0. The molecule has 1 aromatic rings. The van der Waals surface area contributed by atoms with Crippen LogP contribution in [-0.2, 0) is 4.79 Å². The van der Waals surface area contributed by atoms with Crippen LogP contribution in [0.1, 0.15) is 50.6 Å². The summed E-state index contributed by atoms with van der Waals surface area (Å²) in [4.78, 5) is 15.6. The van der Waals surface area contributed by atoms with E-state index < -0.39 is 6.10 Å². The van der Waals surface area contributed by atoms with E-state index in [-0.39, 0.29) is 30.5 Å². The number of nitrogens with zero attached hydrogens (tertiary/aromatic N) is 1. The molecule has 1 saturated heterocycles. The summed E-state index contributed by atoms with van der Waals surface area (Å²) in [7, 11) is 0. The second-order valence-electron chi connectivity index (χ2n) is 7.85. The molecule has 7 heteroatoms. The van der Waals surface area contributed by atoms with E-state index in [1.807, 2.05) is 24.3 Å². The third-order valence-electron chi connectivity index (χ3n) is 5.81. The summed E-state index contributed by atoms with van der Waals surface area (Å²) < 4.78 is 3.43. The molecule has 3 rings (SSSR count). The van der Waals surface area contributed by atoms with Crippen molar-refractivity contribution in [1.29, 1.82) is 0 Å². The molecule has 0 spiro atoms. The maximum absolute atomic E-state index is 13.5. The lowest BCUT2D eigenvalue weighted by Gasteiger charge is -2.45. The van der Waals surface area contributed by atoms with Gasteiger partial charge < -0.3 is 15.1 Å².